The number of hydrogen-bond donors (Lipinski definition) is 0. The first-order chi connectivity index (χ1) is 15.0. The molecule has 0 N–H and O–H groups in total. The molecule has 4 rings (SSSR count). The van der Waals surface area contributed by atoms with Crippen LogP contribution < -0.4 is 10.4 Å². The highest BCUT2D eigenvalue weighted by Crippen LogP contribution is 2.34. The molecule has 0 spiro atoms. The number of rotatable bonds is 5. The van der Waals surface area contributed by atoms with Gasteiger partial charge in [0.1, 0.15) is 11.1 Å². The summed E-state index contributed by atoms with van der Waals surface area (Å²) < 4.78 is 11.0. The zero-order chi connectivity index (χ0) is 21.8. The number of hydrogen-bond acceptors (Lipinski definition) is 6. The van der Waals surface area contributed by atoms with Gasteiger partial charge in [0, 0.05) is 18.2 Å². The summed E-state index contributed by atoms with van der Waals surface area (Å²) in [5.74, 6) is -0.647. The fourth-order valence-corrected chi connectivity index (χ4v) is 3.12. The van der Waals surface area contributed by atoms with Crippen LogP contribution in [0.4, 0.5) is 5.69 Å². The van der Waals surface area contributed by atoms with Crippen LogP contribution in [0.2, 0.25) is 0 Å². The van der Waals surface area contributed by atoms with Crippen molar-refractivity contribution in [1.29, 1.82) is 0 Å². The van der Waals surface area contributed by atoms with Crippen molar-refractivity contribution in [1.82, 2.24) is 0 Å². The highest BCUT2D eigenvalue weighted by atomic mass is 16.6. The molecule has 0 aliphatic heterocycles. The molecule has 4 aromatic rings. The maximum atomic E-state index is 12.7. The molecule has 1 heterocycles. The van der Waals surface area contributed by atoms with Gasteiger partial charge in [0.15, 0.2) is 5.75 Å². The normalized spacial score (nSPS) is 11.0. The Morgan fingerprint density at radius 2 is 1.71 bits per heavy atom. The fourth-order valence-electron chi connectivity index (χ4n) is 3.12. The first-order valence-electron chi connectivity index (χ1n) is 9.28. The second kappa shape index (κ2) is 8.46. The van der Waals surface area contributed by atoms with E-state index in [1.54, 1.807) is 60.7 Å². The average molecular weight is 413 g/mol. The minimum absolute atomic E-state index is 0.0893. The van der Waals surface area contributed by atoms with Crippen LogP contribution in [0.5, 0.6) is 5.75 Å². The van der Waals surface area contributed by atoms with Crippen molar-refractivity contribution >= 4 is 28.7 Å². The van der Waals surface area contributed by atoms with Gasteiger partial charge in [-0.1, -0.05) is 54.6 Å². The molecule has 0 saturated heterocycles. The molecule has 1 aromatic heterocycles. The third-order valence-electron chi connectivity index (χ3n) is 4.52. The number of nitrogens with zero attached hydrogens (tertiary/aromatic N) is 1. The predicted octanol–water partition coefficient (Wildman–Crippen LogP) is 4.99. The van der Waals surface area contributed by atoms with Gasteiger partial charge in [-0.3, -0.25) is 10.1 Å². The van der Waals surface area contributed by atoms with Crippen molar-refractivity contribution in [2.75, 3.05) is 0 Å². The molecule has 7 heteroatoms. The maximum absolute atomic E-state index is 12.7. The second-order valence-corrected chi connectivity index (χ2v) is 6.56. The number of non-ortho nitro benzene ring substituents is 1. The first-order valence-corrected chi connectivity index (χ1v) is 9.28. The smallest absolute Gasteiger partial charge is 0.348 e. The van der Waals surface area contributed by atoms with Gasteiger partial charge in [-0.2, -0.15) is 0 Å². The van der Waals surface area contributed by atoms with Gasteiger partial charge in [0.05, 0.1) is 10.3 Å². The number of nitro groups is 1. The van der Waals surface area contributed by atoms with Gasteiger partial charge in [0.2, 0.25) is 0 Å². The Bertz CT molecular complexity index is 1370. The monoisotopic (exact) mass is 413 g/mol. The topological polar surface area (TPSA) is 99.6 Å². The van der Waals surface area contributed by atoms with Crippen LogP contribution in [0.1, 0.15) is 5.56 Å². The van der Waals surface area contributed by atoms with E-state index < -0.39 is 16.5 Å². The Kier molecular flexibility index (Phi) is 5.40. The maximum Gasteiger partial charge on any atom is 0.348 e. The summed E-state index contributed by atoms with van der Waals surface area (Å²) in [4.78, 5) is 35.6. The van der Waals surface area contributed by atoms with Crippen LogP contribution in [0, 0.1) is 10.1 Å². The SMILES string of the molecule is O=C(/C=C/c1cccc([N+](=O)[O-])c1)Oc1c(-c2ccccc2)c(=O)oc2ccccc12. The van der Waals surface area contributed by atoms with Crippen LogP contribution in [-0.4, -0.2) is 10.9 Å². The van der Waals surface area contributed by atoms with Gasteiger partial charge >= 0.3 is 11.6 Å². The Balaban J connectivity index is 1.74. The number of esters is 1. The summed E-state index contributed by atoms with van der Waals surface area (Å²) in [5, 5.41) is 11.4. The number of carbonyl (C=O) groups is 1. The van der Waals surface area contributed by atoms with Crippen molar-refractivity contribution in [2.24, 2.45) is 0 Å². The van der Waals surface area contributed by atoms with E-state index in [0.717, 1.165) is 6.08 Å². The molecule has 31 heavy (non-hydrogen) atoms. The third kappa shape index (κ3) is 4.25. The number of para-hydroxylation sites is 1. The third-order valence-corrected chi connectivity index (χ3v) is 4.52. The molecule has 0 amide bonds. The van der Waals surface area contributed by atoms with Gasteiger partial charge < -0.3 is 9.15 Å². The lowest BCUT2D eigenvalue weighted by Gasteiger charge is -2.11. The quantitative estimate of drug-likeness (QED) is 0.150. The molecular formula is C24H15NO6. The zero-order valence-electron chi connectivity index (χ0n) is 16.1. The minimum atomic E-state index is -0.737. The summed E-state index contributed by atoms with van der Waals surface area (Å²) in [6, 6.07) is 21.4. The molecule has 0 saturated carbocycles. The first kappa shape index (κ1) is 19.8. The number of fused-ring (bicyclic) bond motifs is 1. The number of ether oxygens (including phenoxy) is 1. The van der Waals surface area contributed by atoms with Crippen molar-refractivity contribution in [3.05, 3.63) is 111 Å². The molecule has 7 nitrogen and oxygen atoms in total. The standard InChI is InChI=1S/C24H15NO6/c26-21(14-13-16-7-6-10-18(15-16)25(28)29)31-23-19-11-4-5-12-20(19)30-24(27)22(23)17-8-2-1-3-9-17/h1-15H/b14-13+. The van der Waals surface area contributed by atoms with Crippen molar-refractivity contribution in [2.45, 2.75) is 0 Å². The molecular weight excluding hydrogens is 398 g/mol. The molecule has 0 radical (unpaired) electrons. The number of nitro benzene ring substituents is 1. The number of carbonyl (C=O) groups excluding carboxylic acids is 1. The number of benzene rings is 3. The average Bonchev–Trinajstić information content (AvgIpc) is 2.78. The summed E-state index contributed by atoms with van der Waals surface area (Å²) >= 11 is 0. The van der Waals surface area contributed by atoms with E-state index in [2.05, 4.69) is 0 Å². The van der Waals surface area contributed by atoms with Crippen LogP contribution in [0.25, 0.3) is 28.2 Å². The van der Waals surface area contributed by atoms with Crippen molar-refractivity contribution < 1.29 is 18.9 Å². The van der Waals surface area contributed by atoms with E-state index in [0.29, 0.717) is 16.5 Å². The predicted molar refractivity (Wildman–Crippen MR) is 116 cm³/mol. The molecule has 0 bridgehead atoms. The summed E-state index contributed by atoms with van der Waals surface area (Å²) in [6.07, 6.45) is 2.56. The van der Waals surface area contributed by atoms with Crippen LogP contribution >= 0.6 is 0 Å². The molecule has 3 aromatic carbocycles. The summed E-state index contributed by atoms with van der Waals surface area (Å²) in [6.45, 7) is 0. The molecule has 0 atom stereocenters. The minimum Gasteiger partial charge on any atom is -0.422 e. The zero-order valence-corrected chi connectivity index (χ0v) is 16.1. The Labute approximate surface area is 176 Å². The Morgan fingerprint density at radius 1 is 0.968 bits per heavy atom. The van der Waals surface area contributed by atoms with Crippen LogP contribution in [-0.2, 0) is 4.79 Å². The fraction of sp³-hybridized carbons (Fsp3) is 0. The van der Waals surface area contributed by atoms with Crippen LogP contribution in [0.15, 0.2) is 94.2 Å². The van der Waals surface area contributed by atoms with Gasteiger partial charge in [-0.15, -0.1) is 0 Å². The van der Waals surface area contributed by atoms with Gasteiger partial charge in [-0.05, 0) is 29.3 Å². The Morgan fingerprint density at radius 3 is 2.48 bits per heavy atom. The van der Waals surface area contributed by atoms with E-state index in [1.807, 2.05) is 0 Å². The van der Waals surface area contributed by atoms with Gasteiger partial charge in [0.25, 0.3) is 5.69 Å². The summed E-state index contributed by atoms with van der Waals surface area (Å²) in [7, 11) is 0. The lowest BCUT2D eigenvalue weighted by Crippen LogP contribution is -2.11. The second-order valence-electron chi connectivity index (χ2n) is 6.56. The largest absolute Gasteiger partial charge is 0.422 e. The summed E-state index contributed by atoms with van der Waals surface area (Å²) in [5.41, 5.74) is 0.720. The lowest BCUT2D eigenvalue weighted by atomic mass is 10.0. The van der Waals surface area contributed by atoms with Crippen molar-refractivity contribution in [3.63, 3.8) is 0 Å². The highest BCUT2D eigenvalue weighted by molar-refractivity contribution is 5.96. The van der Waals surface area contributed by atoms with Crippen molar-refractivity contribution in [3.8, 4) is 16.9 Å². The van der Waals surface area contributed by atoms with E-state index in [9.17, 15) is 19.7 Å². The lowest BCUT2D eigenvalue weighted by molar-refractivity contribution is -0.384. The van der Waals surface area contributed by atoms with E-state index in [4.69, 9.17) is 9.15 Å². The Hall–Kier alpha value is -4.52. The molecule has 0 aliphatic carbocycles. The van der Waals surface area contributed by atoms with Crippen LogP contribution in [0.3, 0.4) is 0 Å². The molecule has 152 valence electrons. The van der Waals surface area contributed by atoms with E-state index in [-0.39, 0.29) is 22.6 Å². The van der Waals surface area contributed by atoms with Gasteiger partial charge in [-0.25, -0.2) is 9.59 Å². The molecule has 0 fully saturated rings. The highest BCUT2D eigenvalue weighted by Gasteiger charge is 2.19. The molecule has 0 unspecified atom stereocenters. The van der Waals surface area contributed by atoms with E-state index >= 15 is 0 Å². The van der Waals surface area contributed by atoms with E-state index in [1.165, 1.54) is 24.3 Å². The molecule has 0 aliphatic rings.